The zero-order valence-corrected chi connectivity index (χ0v) is 12.1. The summed E-state index contributed by atoms with van der Waals surface area (Å²) < 4.78 is 9.88. The van der Waals surface area contributed by atoms with Crippen LogP contribution in [0, 0.1) is 0 Å². The fraction of sp³-hybridized carbons (Fsp3) is 0.571. The summed E-state index contributed by atoms with van der Waals surface area (Å²) in [5.41, 5.74) is 0.560. The van der Waals surface area contributed by atoms with E-state index in [2.05, 4.69) is 15.6 Å². The highest BCUT2D eigenvalue weighted by molar-refractivity contribution is 5.93. The second-order valence-electron chi connectivity index (χ2n) is 4.31. The molecule has 0 aromatic carbocycles. The van der Waals surface area contributed by atoms with Gasteiger partial charge in [0.15, 0.2) is 0 Å². The number of carbonyl (C=O) groups excluding carboxylic acids is 1. The van der Waals surface area contributed by atoms with Crippen LogP contribution < -0.4 is 10.6 Å². The van der Waals surface area contributed by atoms with Crippen molar-refractivity contribution in [3.05, 3.63) is 23.9 Å². The molecule has 2 N–H and O–H groups in total. The maximum atomic E-state index is 11.8. The van der Waals surface area contributed by atoms with Crippen molar-refractivity contribution >= 4 is 11.7 Å². The molecule has 0 atom stereocenters. The van der Waals surface area contributed by atoms with Crippen LogP contribution in [0.25, 0.3) is 0 Å². The van der Waals surface area contributed by atoms with Crippen LogP contribution in [0.3, 0.4) is 0 Å². The second-order valence-corrected chi connectivity index (χ2v) is 4.31. The third-order valence-electron chi connectivity index (χ3n) is 2.67. The van der Waals surface area contributed by atoms with E-state index in [0.29, 0.717) is 18.7 Å². The van der Waals surface area contributed by atoms with Crippen molar-refractivity contribution in [3.63, 3.8) is 0 Å². The first-order valence-corrected chi connectivity index (χ1v) is 6.74. The fourth-order valence-electron chi connectivity index (χ4n) is 1.59. The topological polar surface area (TPSA) is 72.5 Å². The molecule has 1 aromatic rings. The highest BCUT2D eigenvalue weighted by atomic mass is 16.5. The monoisotopic (exact) mass is 281 g/mol. The van der Waals surface area contributed by atoms with E-state index in [1.54, 1.807) is 32.5 Å². The number of hydrogen-bond acceptors (Lipinski definition) is 5. The van der Waals surface area contributed by atoms with E-state index >= 15 is 0 Å². The van der Waals surface area contributed by atoms with Crippen molar-refractivity contribution in [3.8, 4) is 0 Å². The van der Waals surface area contributed by atoms with Crippen LogP contribution in [-0.2, 0) is 9.47 Å². The van der Waals surface area contributed by atoms with Crippen LogP contribution in [0.2, 0.25) is 0 Å². The summed E-state index contributed by atoms with van der Waals surface area (Å²) in [6, 6.07) is 3.56. The Bertz CT molecular complexity index is 382. The minimum Gasteiger partial charge on any atom is -0.385 e. The summed E-state index contributed by atoms with van der Waals surface area (Å²) in [7, 11) is 3.32. The Labute approximate surface area is 119 Å². The summed E-state index contributed by atoms with van der Waals surface area (Å²) in [4.78, 5) is 16.0. The molecule has 0 saturated heterocycles. The first-order chi connectivity index (χ1) is 9.77. The first-order valence-electron chi connectivity index (χ1n) is 6.74. The number of rotatable bonds is 10. The van der Waals surface area contributed by atoms with Gasteiger partial charge in [-0.25, -0.2) is 4.98 Å². The molecule has 1 amide bonds. The number of aromatic nitrogens is 1. The Morgan fingerprint density at radius 3 is 2.45 bits per heavy atom. The van der Waals surface area contributed by atoms with Gasteiger partial charge in [-0.1, -0.05) is 0 Å². The van der Waals surface area contributed by atoms with E-state index in [9.17, 15) is 4.79 Å². The van der Waals surface area contributed by atoms with Crippen LogP contribution in [-0.4, -0.2) is 51.4 Å². The van der Waals surface area contributed by atoms with Gasteiger partial charge in [-0.2, -0.15) is 0 Å². The van der Waals surface area contributed by atoms with E-state index in [1.165, 1.54) is 0 Å². The van der Waals surface area contributed by atoms with Gasteiger partial charge in [-0.3, -0.25) is 4.79 Å². The fourth-order valence-corrected chi connectivity index (χ4v) is 1.59. The van der Waals surface area contributed by atoms with Gasteiger partial charge in [0.05, 0.1) is 5.56 Å². The Morgan fingerprint density at radius 2 is 1.85 bits per heavy atom. The number of pyridine rings is 1. The third kappa shape index (κ3) is 6.49. The highest BCUT2D eigenvalue weighted by Crippen LogP contribution is 2.05. The highest BCUT2D eigenvalue weighted by Gasteiger charge is 2.05. The number of amides is 1. The molecular formula is C14H23N3O3. The van der Waals surface area contributed by atoms with Crippen LogP contribution in [0.4, 0.5) is 5.82 Å². The van der Waals surface area contributed by atoms with Gasteiger partial charge in [0, 0.05) is 46.7 Å². The van der Waals surface area contributed by atoms with Gasteiger partial charge in [0.1, 0.15) is 5.82 Å². The molecule has 20 heavy (non-hydrogen) atoms. The zero-order chi connectivity index (χ0) is 14.6. The number of hydrogen-bond donors (Lipinski definition) is 2. The van der Waals surface area contributed by atoms with Crippen molar-refractivity contribution in [1.29, 1.82) is 0 Å². The van der Waals surface area contributed by atoms with Crippen LogP contribution >= 0.6 is 0 Å². The van der Waals surface area contributed by atoms with Gasteiger partial charge in [-0.05, 0) is 25.0 Å². The van der Waals surface area contributed by atoms with Gasteiger partial charge in [0.2, 0.25) is 0 Å². The molecule has 1 heterocycles. The summed E-state index contributed by atoms with van der Waals surface area (Å²) in [6.07, 6.45) is 3.29. The maximum Gasteiger partial charge on any atom is 0.252 e. The zero-order valence-electron chi connectivity index (χ0n) is 12.1. The smallest absolute Gasteiger partial charge is 0.252 e. The van der Waals surface area contributed by atoms with Crippen LogP contribution in [0.15, 0.2) is 18.3 Å². The normalized spacial score (nSPS) is 10.3. The molecule has 0 fully saturated rings. The summed E-state index contributed by atoms with van der Waals surface area (Å²) in [6.45, 7) is 2.75. The Hall–Kier alpha value is -1.66. The predicted molar refractivity (Wildman–Crippen MR) is 78.0 cm³/mol. The Morgan fingerprint density at radius 1 is 1.15 bits per heavy atom. The molecule has 6 nitrogen and oxygen atoms in total. The Kier molecular flexibility index (Phi) is 8.33. The molecule has 112 valence electrons. The van der Waals surface area contributed by atoms with E-state index < -0.39 is 0 Å². The first kappa shape index (κ1) is 16.4. The van der Waals surface area contributed by atoms with Gasteiger partial charge < -0.3 is 20.1 Å². The van der Waals surface area contributed by atoms with Crippen molar-refractivity contribution in [1.82, 2.24) is 10.3 Å². The number of nitrogens with one attached hydrogen (secondary N) is 2. The summed E-state index contributed by atoms with van der Waals surface area (Å²) >= 11 is 0. The lowest BCUT2D eigenvalue weighted by Gasteiger charge is -2.07. The SMILES string of the molecule is COCCCNC(=O)c1ccc(NCCCOC)nc1. The van der Waals surface area contributed by atoms with Gasteiger partial charge >= 0.3 is 0 Å². The molecule has 1 rings (SSSR count). The lowest BCUT2D eigenvalue weighted by molar-refractivity contribution is 0.0948. The number of methoxy groups -OCH3 is 2. The number of anilines is 1. The van der Waals surface area contributed by atoms with E-state index in [0.717, 1.165) is 31.8 Å². The van der Waals surface area contributed by atoms with E-state index in [1.807, 2.05) is 0 Å². The predicted octanol–water partition coefficient (Wildman–Crippen LogP) is 1.30. The van der Waals surface area contributed by atoms with E-state index in [-0.39, 0.29) is 5.91 Å². The molecule has 0 aliphatic rings. The van der Waals surface area contributed by atoms with Gasteiger partial charge in [0.25, 0.3) is 5.91 Å². The molecule has 0 spiro atoms. The molecular weight excluding hydrogens is 258 g/mol. The lowest BCUT2D eigenvalue weighted by atomic mass is 10.2. The molecule has 6 heteroatoms. The van der Waals surface area contributed by atoms with Crippen molar-refractivity contribution < 1.29 is 14.3 Å². The number of ether oxygens (including phenoxy) is 2. The maximum absolute atomic E-state index is 11.8. The summed E-state index contributed by atoms with van der Waals surface area (Å²) in [5, 5.41) is 5.98. The average molecular weight is 281 g/mol. The third-order valence-corrected chi connectivity index (χ3v) is 2.67. The molecule has 0 aliphatic carbocycles. The van der Waals surface area contributed by atoms with Crippen molar-refractivity contribution in [2.75, 3.05) is 45.8 Å². The molecule has 0 unspecified atom stereocenters. The number of carbonyl (C=O) groups is 1. The average Bonchev–Trinajstić information content (AvgIpc) is 2.48. The second kappa shape index (κ2) is 10.2. The molecule has 0 bridgehead atoms. The van der Waals surface area contributed by atoms with Crippen LogP contribution in [0.5, 0.6) is 0 Å². The minimum atomic E-state index is -0.112. The number of nitrogens with zero attached hydrogens (tertiary/aromatic N) is 1. The lowest BCUT2D eigenvalue weighted by Crippen LogP contribution is -2.25. The van der Waals surface area contributed by atoms with Gasteiger partial charge in [-0.15, -0.1) is 0 Å². The van der Waals surface area contributed by atoms with Crippen LogP contribution in [0.1, 0.15) is 23.2 Å². The van der Waals surface area contributed by atoms with Crippen molar-refractivity contribution in [2.24, 2.45) is 0 Å². The quantitative estimate of drug-likeness (QED) is 0.632. The van der Waals surface area contributed by atoms with Crippen molar-refractivity contribution in [2.45, 2.75) is 12.8 Å². The standard InChI is InChI=1S/C14H23N3O3/c1-19-9-3-7-15-13-6-5-12(11-17-13)14(18)16-8-4-10-20-2/h5-6,11H,3-4,7-10H2,1-2H3,(H,15,17)(H,16,18). The summed E-state index contributed by atoms with van der Waals surface area (Å²) in [5.74, 6) is 0.650. The Balaban J connectivity index is 2.31. The minimum absolute atomic E-state index is 0.112. The van der Waals surface area contributed by atoms with E-state index in [4.69, 9.17) is 9.47 Å². The molecule has 0 saturated carbocycles. The molecule has 1 aromatic heterocycles. The molecule has 0 aliphatic heterocycles. The largest absolute Gasteiger partial charge is 0.385 e. The molecule has 0 radical (unpaired) electrons.